The molecule has 0 fully saturated rings. The lowest BCUT2D eigenvalue weighted by Crippen LogP contribution is -2.19. The monoisotopic (exact) mass is 468 g/mol. The van der Waals surface area contributed by atoms with Gasteiger partial charge in [0.25, 0.3) is 5.91 Å². The molecule has 0 unspecified atom stereocenters. The van der Waals surface area contributed by atoms with Crippen molar-refractivity contribution in [2.75, 3.05) is 20.0 Å². The molecular weight excluding hydrogens is 452 g/mol. The summed E-state index contributed by atoms with van der Waals surface area (Å²) in [6.45, 7) is 1.06. The number of ether oxygens (including phenoxy) is 1. The third-order valence-corrected chi connectivity index (χ3v) is 6.55. The second-order valence-electron chi connectivity index (χ2n) is 5.85. The second-order valence-corrected chi connectivity index (χ2v) is 9.80. The smallest absolute Gasteiger partial charge is 0.279 e. The summed E-state index contributed by atoms with van der Waals surface area (Å²) in [5, 5.41) is 0. The molecule has 0 bridgehead atoms. The number of sulfone groups is 1. The quantitative estimate of drug-likeness (QED) is 0.575. The van der Waals surface area contributed by atoms with Crippen LogP contribution >= 0.6 is 27.3 Å². The molecule has 0 radical (unpaired) electrons. The molecule has 0 spiro atoms. The molecule has 9 heteroatoms. The minimum atomic E-state index is -3.30. The van der Waals surface area contributed by atoms with E-state index in [0.717, 1.165) is 20.9 Å². The van der Waals surface area contributed by atoms with Gasteiger partial charge in [-0.15, -0.1) is 0 Å². The molecule has 0 aliphatic heterocycles. The Morgan fingerprint density at radius 3 is 2.56 bits per heavy atom. The lowest BCUT2D eigenvalue weighted by molar-refractivity contribution is 0.0997. The first-order valence-electron chi connectivity index (χ1n) is 7.96. The van der Waals surface area contributed by atoms with E-state index >= 15 is 0 Å². The van der Waals surface area contributed by atoms with Gasteiger partial charge in [-0.05, 0) is 42.5 Å². The maximum Gasteiger partial charge on any atom is 0.279 e. The van der Waals surface area contributed by atoms with E-state index in [1.165, 1.54) is 35.6 Å². The normalized spacial score (nSPS) is 12.6. The van der Waals surface area contributed by atoms with Crippen LogP contribution in [0.15, 0.2) is 56.8 Å². The zero-order valence-corrected chi connectivity index (χ0v) is 17.9. The van der Waals surface area contributed by atoms with E-state index in [4.69, 9.17) is 4.74 Å². The molecule has 3 rings (SSSR count). The van der Waals surface area contributed by atoms with Crippen LogP contribution in [0.5, 0.6) is 0 Å². The molecule has 0 aliphatic rings. The first-order chi connectivity index (χ1) is 12.8. The van der Waals surface area contributed by atoms with E-state index in [0.29, 0.717) is 23.5 Å². The van der Waals surface area contributed by atoms with E-state index in [1.54, 1.807) is 7.11 Å². The summed E-state index contributed by atoms with van der Waals surface area (Å²) >= 11 is 4.87. The van der Waals surface area contributed by atoms with Gasteiger partial charge in [0, 0.05) is 29.9 Å². The number of hydrogen-bond acceptors (Lipinski definition) is 5. The van der Waals surface area contributed by atoms with Crippen molar-refractivity contribution in [3.05, 3.63) is 57.3 Å². The van der Waals surface area contributed by atoms with E-state index < -0.39 is 15.7 Å². The average molecular weight is 469 g/mol. The number of rotatable bonds is 5. The Kier molecular flexibility index (Phi) is 5.95. The fraction of sp³-hybridized carbons (Fsp3) is 0.222. The highest BCUT2D eigenvalue weighted by molar-refractivity contribution is 9.10. The van der Waals surface area contributed by atoms with E-state index in [1.807, 2.05) is 22.8 Å². The molecule has 0 atom stereocenters. The third kappa shape index (κ3) is 4.55. The number of aromatic nitrogens is 1. The number of thiazole rings is 1. The molecule has 0 saturated carbocycles. The first kappa shape index (κ1) is 19.9. The van der Waals surface area contributed by atoms with Gasteiger partial charge in [-0.25, -0.2) is 8.42 Å². The number of carbonyl (C=O) groups is 1. The Labute approximate surface area is 169 Å². The summed E-state index contributed by atoms with van der Waals surface area (Å²) in [6, 6.07) is 11.7. The SMILES string of the molecule is COCCn1c(=NC(=O)c2ccc(S(C)(=O)=O)cc2)sc2cc(Br)ccc21. The summed E-state index contributed by atoms with van der Waals surface area (Å²) in [7, 11) is -1.68. The van der Waals surface area contributed by atoms with Gasteiger partial charge in [-0.2, -0.15) is 4.99 Å². The van der Waals surface area contributed by atoms with Crippen LogP contribution in [0.2, 0.25) is 0 Å². The van der Waals surface area contributed by atoms with Crippen LogP contribution < -0.4 is 4.80 Å². The largest absolute Gasteiger partial charge is 0.383 e. The average Bonchev–Trinajstić information content (AvgIpc) is 2.95. The number of carbonyl (C=O) groups excluding carboxylic acids is 1. The molecule has 1 aromatic heterocycles. The van der Waals surface area contributed by atoms with Crippen LogP contribution in [0.4, 0.5) is 0 Å². The topological polar surface area (TPSA) is 77.7 Å². The molecule has 0 saturated heterocycles. The summed E-state index contributed by atoms with van der Waals surface area (Å²) in [4.78, 5) is 17.6. The van der Waals surface area contributed by atoms with E-state index in [-0.39, 0.29) is 4.90 Å². The number of fused-ring (bicyclic) bond motifs is 1. The molecule has 3 aromatic rings. The van der Waals surface area contributed by atoms with Crippen molar-refractivity contribution < 1.29 is 17.9 Å². The Balaban J connectivity index is 2.04. The Morgan fingerprint density at radius 1 is 1.22 bits per heavy atom. The van der Waals surface area contributed by atoms with E-state index in [9.17, 15) is 13.2 Å². The van der Waals surface area contributed by atoms with E-state index in [2.05, 4.69) is 20.9 Å². The van der Waals surface area contributed by atoms with Crippen molar-refractivity contribution in [1.82, 2.24) is 4.57 Å². The predicted molar refractivity (Wildman–Crippen MR) is 109 cm³/mol. The molecule has 6 nitrogen and oxygen atoms in total. The van der Waals surface area contributed by atoms with Gasteiger partial charge >= 0.3 is 0 Å². The number of amides is 1. The van der Waals surface area contributed by atoms with Crippen molar-refractivity contribution in [2.45, 2.75) is 11.4 Å². The van der Waals surface area contributed by atoms with Gasteiger partial charge in [0.2, 0.25) is 0 Å². The maximum atomic E-state index is 12.6. The summed E-state index contributed by atoms with van der Waals surface area (Å²) in [6.07, 6.45) is 1.13. The standard InChI is InChI=1S/C18H17BrN2O4S2/c1-25-10-9-21-15-8-5-13(19)11-16(15)26-18(21)20-17(22)12-3-6-14(7-4-12)27(2,23)24/h3-8,11H,9-10H2,1-2H3. The van der Waals surface area contributed by atoms with Crippen LogP contribution in [0, 0.1) is 0 Å². The summed E-state index contributed by atoms with van der Waals surface area (Å²) in [5.41, 5.74) is 1.30. The van der Waals surface area contributed by atoms with Crippen molar-refractivity contribution in [2.24, 2.45) is 4.99 Å². The molecular formula is C18H17BrN2O4S2. The van der Waals surface area contributed by atoms with Crippen LogP contribution in [0.3, 0.4) is 0 Å². The van der Waals surface area contributed by atoms with Crippen LogP contribution in [0.1, 0.15) is 10.4 Å². The molecule has 142 valence electrons. The zero-order chi connectivity index (χ0) is 19.6. The molecule has 0 N–H and O–H groups in total. The number of methoxy groups -OCH3 is 1. The zero-order valence-electron chi connectivity index (χ0n) is 14.7. The van der Waals surface area contributed by atoms with Crippen LogP contribution in [-0.2, 0) is 21.1 Å². The highest BCUT2D eigenvalue weighted by Gasteiger charge is 2.12. The third-order valence-electron chi connectivity index (χ3n) is 3.89. The van der Waals surface area contributed by atoms with Crippen molar-refractivity contribution in [3.8, 4) is 0 Å². The van der Waals surface area contributed by atoms with Crippen molar-refractivity contribution >= 4 is 53.2 Å². The fourth-order valence-electron chi connectivity index (χ4n) is 2.53. The van der Waals surface area contributed by atoms with Crippen LogP contribution in [-0.4, -0.2) is 38.9 Å². The molecule has 27 heavy (non-hydrogen) atoms. The predicted octanol–water partition coefficient (Wildman–Crippen LogP) is 3.26. The lowest BCUT2D eigenvalue weighted by atomic mass is 10.2. The van der Waals surface area contributed by atoms with Gasteiger partial charge in [0.1, 0.15) is 0 Å². The van der Waals surface area contributed by atoms with Gasteiger partial charge in [0.05, 0.1) is 21.7 Å². The second kappa shape index (κ2) is 8.05. The van der Waals surface area contributed by atoms with Crippen molar-refractivity contribution in [1.29, 1.82) is 0 Å². The molecule has 0 aliphatic carbocycles. The Morgan fingerprint density at radius 2 is 1.93 bits per heavy atom. The van der Waals surface area contributed by atoms with Gasteiger partial charge < -0.3 is 9.30 Å². The highest BCUT2D eigenvalue weighted by Crippen LogP contribution is 2.22. The molecule has 1 heterocycles. The number of halogens is 1. The fourth-order valence-corrected chi connectivity index (χ4v) is 4.76. The number of hydrogen-bond donors (Lipinski definition) is 0. The highest BCUT2D eigenvalue weighted by atomic mass is 79.9. The number of benzene rings is 2. The Hall–Kier alpha value is -1.81. The Bertz CT molecular complexity index is 1160. The van der Waals surface area contributed by atoms with Gasteiger partial charge in [0.15, 0.2) is 14.6 Å². The van der Waals surface area contributed by atoms with Crippen LogP contribution in [0.25, 0.3) is 10.2 Å². The summed E-state index contributed by atoms with van der Waals surface area (Å²) in [5.74, 6) is -0.424. The molecule has 1 amide bonds. The minimum Gasteiger partial charge on any atom is -0.383 e. The van der Waals surface area contributed by atoms with Gasteiger partial charge in [-0.1, -0.05) is 27.3 Å². The summed E-state index contributed by atoms with van der Waals surface area (Å²) < 4.78 is 32.2. The maximum absolute atomic E-state index is 12.6. The van der Waals surface area contributed by atoms with Gasteiger partial charge in [-0.3, -0.25) is 4.79 Å². The number of nitrogens with zero attached hydrogens (tertiary/aromatic N) is 2. The molecule has 2 aromatic carbocycles. The first-order valence-corrected chi connectivity index (χ1v) is 11.5. The lowest BCUT2D eigenvalue weighted by Gasteiger charge is -2.04. The minimum absolute atomic E-state index is 0.168. The van der Waals surface area contributed by atoms with Crippen molar-refractivity contribution in [3.63, 3.8) is 0 Å².